The smallest absolute Gasteiger partial charge is 0.153 e. The minimum Gasteiger partial charge on any atom is -0.292 e. The highest BCUT2D eigenvalue weighted by Crippen LogP contribution is 2.23. The molecular formula is C16H26N4. The minimum absolute atomic E-state index is 1.02. The third-order valence-electron chi connectivity index (χ3n) is 3.87. The molecule has 0 N–H and O–H groups in total. The summed E-state index contributed by atoms with van der Waals surface area (Å²) in [6, 6.07) is 0. The number of hydrazine groups is 1. The van der Waals surface area contributed by atoms with Gasteiger partial charge in [-0.3, -0.25) is 5.01 Å². The van der Waals surface area contributed by atoms with Crippen LogP contribution in [0.1, 0.15) is 50.3 Å². The molecule has 0 unspecified atom stereocenters. The Morgan fingerprint density at radius 2 is 2.00 bits per heavy atom. The summed E-state index contributed by atoms with van der Waals surface area (Å²) < 4.78 is 0. The number of aromatic nitrogens is 2. The number of hydrogen-bond donors (Lipinski definition) is 0. The first-order chi connectivity index (χ1) is 9.74. The van der Waals surface area contributed by atoms with Gasteiger partial charge in [0.1, 0.15) is 6.33 Å². The lowest BCUT2D eigenvalue weighted by Crippen LogP contribution is -2.44. The molecule has 0 saturated carbocycles. The average Bonchev–Trinajstić information content (AvgIpc) is 2.49. The maximum atomic E-state index is 4.52. The first-order valence-electron chi connectivity index (χ1n) is 7.70. The van der Waals surface area contributed by atoms with Crippen molar-refractivity contribution in [3.63, 3.8) is 0 Å². The van der Waals surface area contributed by atoms with Crippen LogP contribution in [0.3, 0.4) is 0 Å². The number of anilines is 1. The Bertz CT molecular complexity index is 450. The van der Waals surface area contributed by atoms with E-state index in [-0.39, 0.29) is 0 Å². The van der Waals surface area contributed by atoms with Crippen molar-refractivity contribution >= 4 is 11.9 Å². The number of allylic oxidation sites excluding steroid dienone is 1. The number of rotatable bonds is 5. The molecule has 1 fully saturated rings. The maximum absolute atomic E-state index is 4.52. The van der Waals surface area contributed by atoms with E-state index in [1.807, 2.05) is 0 Å². The highest BCUT2D eigenvalue weighted by Gasteiger charge is 2.18. The van der Waals surface area contributed by atoms with Crippen LogP contribution < -0.4 is 5.01 Å². The van der Waals surface area contributed by atoms with Crippen LogP contribution in [-0.2, 0) is 0 Å². The van der Waals surface area contributed by atoms with E-state index in [4.69, 9.17) is 0 Å². The number of hydrogen-bond acceptors (Lipinski definition) is 4. The van der Waals surface area contributed by atoms with Gasteiger partial charge in [-0.2, -0.15) is 0 Å². The Balaban J connectivity index is 2.23. The third-order valence-corrected chi connectivity index (χ3v) is 3.87. The van der Waals surface area contributed by atoms with Gasteiger partial charge in [0.2, 0.25) is 0 Å². The van der Waals surface area contributed by atoms with Gasteiger partial charge in [0.05, 0.1) is 5.69 Å². The van der Waals surface area contributed by atoms with Gasteiger partial charge < -0.3 is 0 Å². The largest absolute Gasteiger partial charge is 0.292 e. The summed E-state index contributed by atoms with van der Waals surface area (Å²) in [5.41, 5.74) is 2.19. The van der Waals surface area contributed by atoms with Crippen LogP contribution in [0.4, 0.5) is 5.82 Å². The van der Waals surface area contributed by atoms with Crippen molar-refractivity contribution < 1.29 is 0 Å². The molecule has 2 rings (SSSR count). The fourth-order valence-electron chi connectivity index (χ4n) is 2.60. The second-order valence-electron chi connectivity index (χ2n) is 5.43. The Kier molecular flexibility index (Phi) is 5.53. The van der Waals surface area contributed by atoms with Gasteiger partial charge in [0.25, 0.3) is 0 Å². The van der Waals surface area contributed by atoms with E-state index in [0.29, 0.717) is 0 Å². The fourth-order valence-corrected chi connectivity index (χ4v) is 2.60. The van der Waals surface area contributed by atoms with Crippen molar-refractivity contribution in [2.75, 3.05) is 25.1 Å². The summed E-state index contributed by atoms with van der Waals surface area (Å²) in [5, 5.41) is 4.60. The van der Waals surface area contributed by atoms with Gasteiger partial charge in [-0.1, -0.05) is 31.9 Å². The van der Waals surface area contributed by atoms with Crippen molar-refractivity contribution in [1.29, 1.82) is 0 Å². The predicted molar refractivity (Wildman–Crippen MR) is 84.5 cm³/mol. The van der Waals surface area contributed by atoms with E-state index in [2.05, 4.69) is 53.0 Å². The van der Waals surface area contributed by atoms with Gasteiger partial charge in [-0.05, 0) is 26.2 Å². The summed E-state index contributed by atoms with van der Waals surface area (Å²) in [5.74, 6) is 1.02. The van der Waals surface area contributed by atoms with Gasteiger partial charge in [0.15, 0.2) is 5.82 Å². The quantitative estimate of drug-likeness (QED) is 0.823. The van der Waals surface area contributed by atoms with Crippen LogP contribution >= 0.6 is 0 Å². The summed E-state index contributed by atoms with van der Waals surface area (Å²) in [6.45, 7) is 6.50. The molecule has 0 radical (unpaired) electrons. The molecule has 2 heterocycles. The first kappa shape index (κ1) is 15.0. The molecule has 1 aliphatic rings. The normalized spacial score (nSPS) is 16.8. The third kappa shape index (κ3) is 3.57. The Hall–Kier alpha value is -1.42. The number of piperidine rings is 1. The molecule has 110 valence electrons. The molecule has 0 spiro atoms. The van der Waals surface area contributed by atoms with E-state index in [1.165, 1.54) is 25.7 Å². The van der Waals surface area contributed by atoms with Crippen molar-refractivity contribution in [2.45, 2.75) is 46.0 Å². The molecule has 0 bridgehead atoms. The lowest BCUT2D eigenvalue weighted by atomic mass is 10.1. The minimum atomic E-state index is 1.02. The lowest BCUT2D eigenvalue weighted by molar-refractivity contribution is 0.218. The van der Waals surface area contributed by atoms with E-state index >= 15 is 0 Å². The molecule has 0 aromatic carbocycles. The van der Waals surface area contributed by atoms with Crippen LogP contribution in [0.25, 0.3) is 6.08 Å². The van der Waals surface area contributed by atoms with Crippen molar-refractivity contribution in [3.05, 3.63) is 23.7 Å². The molecule has 0 amide bonds. The SMILES string of the molecule is CCC/C=C\c1c(C)ncnc1N(C)N1CCCCC1. The van der Waals surface area contributed by atoms with E-state index in [0.717, 1.165) is 36.6 Å². The monoisotopic (exact) mass is 274 g/mol. The van der Waals surface area contributed by atoms with Gasteiger partial charge in [-0.25, -0.2) is 15.0 Å². The Morgan fingerprint density at radius 3 is 2.70 bits per heavy atom. The average molecular weight is 274 g/mol. The number of aryl methyl sites for hydroxylation is 1. The Morgan fingerprint density at radius 1 is 1.25 bits per heavy atom. The summed E-state index contributed by atoms with van der Waals surface area (Å²) in [7, 11) is 2.12. The van der Waals surface area contributed by atoms with Gasteiger partial charge in [-0.15, -0.1) is 0 Å². The molecule has 1 aliphatic heterocycles. The van der Waals surface area contributed by atoms with Crippen molar-refractivity contribution in [1.82, 2.24) is 15.0 Å². The van der Waals surface area contributed by atoms with Crippen LogP contribution in [0.5, 0.6) is 0 Å². The summed E-state index contributed by atoms with van der Waals surface area (Å²) >= 11 is 0. The molecule has 4 heteroatoms. The maximum Gasteiger partial charge on any atom is 0.153 e. The molecule has 1 aromatic heterocycles. The zero-order valence-corrected chi connectivity index (χ0v) is 13.0. The molecular weight excluding hydrogens is 248 g/mol. The van der Waals surface area contributed by atoms with E-state index in [9.17, 15) is 0 Å². The highest BCUT2D eigenvalue weighted by atomic mass is 15.6. The van der Waals surface area contributed by atoms with E-state index < -0.39 is 0 Å². The van der Waals surface area contributed by atoms with Crippen molar-refractivity contribution in [2.24, 2.45) is 0 Å². The summed E-state index contributed by atoms with van der Waals surface area (Å²) in [6.07, 6.45) is 12.2. The molecule has 1 aromatic rings. The van der Waals surface area contributed by atoms with Crippen LogP contribution in [0, 0.1) is 6.92 Å². The molecule has 1 saturated heterocycles. The summed E-state index contributed by atoms with van der Waals surface area (Å²) in [4.78, 5) is 8.85. The van der Waals surface area contributed by atoms with Crippen LogP contribution in [0.2, 0.25) is 0 Å². The van der Waals surface area contributed by atoms with E-state index in [1.54, 1.807) is 6.33 Å². The van der Waals surface area contributed by atoms with Crippen LogP contribution in [0.15, 0.2) is 12.4 Å². The Labute approximate surface area is 122 Å². The fraction of sp³-hybridized carbons (Fsp3) is 0.625. The first-order valence-corrected chi connectivity index (χ1v) is 7.70. The highest BCUT2D eigenvalue weighted by molar-refractivity contribution is 5.65. The van der Waals surface area contributed by atoms with Crippen molar-refractivity contribution in [3.8, 4) is 0 Å². The zero-order chi connectivity index (χ0) is 14.4. The second kappa shape index (κ2) is 7.39. The van der Waals surface area contributed by atoms with Crippen LogP contribution in [-0.4, -0.2) is 35.1 Å². The standard InChI is InChI=1S/C16H26N4/c1-4-5-7-10-15-14(2)17-13-18-16(15)19(3)20-11-8-6-9-12-20/h7,10,13H,4-6,8-9,11-12H2,1-3H3/b10-7-. The lowest BCUT2D eigenvalue weighted by Gasteiger charge is -2.36. The zero-order valence-electron chi connectivity index (χ0n) is 13.0. The molecule has 0 atom stereocenters. The second-order valence-corrected chi connectivity index (χ2v) is 5.43. The molecule has 20 heavy (non-hydrogen) atoms. The predicted octanol–water partition coefficient (Wildman–Crippen LogP) is 3.44. The molecule has 4 nitrogen and oxygen atoms in total. The topological polar surface area (TPSA) is 32.3 Å². The number of nitrogens with zero attached hydrogens (tertiary/aromatic N) is 4. The number of unbranched alkanes of at least 4 members (excludes halogenated alkanes) is 1. The van der Waals surface area contributed by atoms with Gasteiger partial charge in [0, 0.05) is 25.7 Å². The van der Waals surface area contributed by atoms with Gasteiger partial charge >= 0.3 is 0 Å². The molecule has 0 aliphatic carbocycles.